The molecule has 0 amide bonds. The van der Waals surface area contributed by atoms with Crippen LogP contribution in [0.4, 0.5) is 0 Å². The third-order valence-electron chi connectivity index (χ3n) is 3.47. The number of rotatable bonds is 7. The van der Waals surface area contributed by atoms with Gasteiger partial charge < -0.3 is 18.9 Å². The number of carbonyl (C=O) groups is 1. The Morgan fingerprint density at radius 3 is 2.38 bits per heavy atom. The van der Waals surface area contributed by atoms with E-state index < -0.39 is 5.97 Å². The summed E-state index contributed by atoms with van der Waals surface area (Å²) in [6.07, 6.45) is 1.96. The minimum Gasteiger partial charge on any atom is -0.496 e. The van der Waals surface area contributed by atoms with E-state index in [1.54, 1.807) is 38.1 Å². The van der Waals surface area contributed by atoms with Gasteiger partial charge in [-0.15, -0.1) is 11.8 Å². The number of para-hydroxylation sites is 1. The number of carbonyl (C=O) groups excluding carboxylic acids is 1. The van der Waals surface area contributed by atoms with E-state index >= 15 is 0 Å². The largest absolute Gasteiger partial charge is 0.496 e. The summed E-state index contributed by atoms with van der Waals surface area (Å²) in [7, 11) is 4.64. The molecule has 0 saturated carbocycles. The molecule has 0 unspecified atom stereocenters. The number of hydrogen-bond donors (Lipinski definition) is 0. The average molecular weight is 348 g/mol. The monoisotopic (exact) mass is 348 g/mol. The molecule has 6 heteroatoms. The van der Waals surface area contributed by atoms with Gasteiger partial charge in [-0.3, -0.25) is 0 Å². The Morgan fingerprint density at radius 1 is 1.00 bits per heavy atom. The highest BCUT2D eigenvalue weighted by Gasteiger charge is 2.16. The molecule has 0 N–H and O–H groups in total. The Labute approximate surface area is 145 Å². The summed E-state index contributed by atoms with van der Waals surface area (Å²) in [5, 5.41) is 0. The second-order valence-corrected chi connectivity index (χ2v) is 5.67. The summed E-state index contributed by atoms with van der Waals surface area (Å²) in [4.78, 5) is 13.4. The first-order valence-corrected chi connectivity index (χ1v) is 8.46. The first-order valence-electron chi connectivity index (χ1n) is 7.23. The van der Waals surface area contributed by atoms with Crippen LogP contribution in [0.1, 0.15) is 15.9 Å². The normalized spacial score (nSPS) is 10.2. The van der Waals surface area contributed by atoms with Crippen molar-refractivity contribution in [2.24, 2.45) is 0 Å². The molecule has 0 bridgehead atoms. The predicted molar refractivity (Wildman–Crippen MR) is 93.4 cm³/mol. The fraction of sp³-hybridized carbons (Fsp3) is 0.278. The van der Waals surface area contributed by atoms with E-state index in [1.165, 1.54) is 7.11 Å². The van der Waals surface area contributed by atoms with Crippen LogP contribution in [0, 0.1) is 0 Å². The van der Waals surface area contributed by atoms with Gasteiger partial charge in [0.15, 0.2) is 11.5 Å². The predicted octanol–water partition coefficient (Wildman–Crippen LogP) is 3.79. The minimum atomic E-state index is -0.454. The van der Waals surface area contributed by atoms with E-state index in [2.05, 4.69) is 0 Å². The van der Waals surface area contributed by atoms with Crippen molar-refractivity contribution < 1.29 is 23.7 Å². The van der Waals surface area contributed by atoms with Crippen molar-refractivity contribution in [1.29, 1.82) is 0 Å². The van der Waals surface area contributed by atoms with E-state index in [9.17, 15) is 4.79 Å². The molecule has 2 aromatic carbocycles. The van der Waals surface area contributed by atoms with Gasteiger partial charge in [0.2, 0.25) is 0 Å². The maximum absolute atomic E-state index is 12.4. The molecule has 128 valence electrons. The lowest BCUT2D eigenvalue weighted by atomic mass is 10.2. The topological polar surface area (TPSA) is 54.0 Å². The summed E-state index contributed by atoms with van der Waals surface area (Å²) < 4.78 is 21.3. The molecule has 0 aromatic heterocycles. The van der Waals surface area contributed by atoms with E-state index in [0.29, 0.717) is 22.8 Å². The standard InChI is InChI=1S/C18H20O5S/c1-20-15-7-5-6-12(17(15)22-3)11-23-18(19)14-9-8-13(24-4)10-16(14)21-2/h5-10H,11H2,1-4H3. The van der Waals surface area contributed by atoms with Crippen molar-refractivity contribution in [2.45, 2.75) is 11.5 Å². The molecule has 0 aliphatic carbocycles. The highest BCUT2D eigenvalue weighted by Crippen LogP contribution is 2.32. The molecular weight excluding hydrogens is 328 g/mol. The highest BCUT2D eigenvalue weighted by atomic mass is 32.2. The Bertz CT molecular complexity index is 715. The Balaban J connectivity index is 2.17. The summed E-state index contributed by atoms with van der Waals surface area (Å²) >= 11 is 1.58. The van der Waals surface area contributed by atoms with E-state index in [4.69, 9.17) is 18.9 Å². The van der Waals surface area contributed by atoms with E-state index in [0.717, 1.165) is 10.5 Å². The van der Waals surface area contributed by atoms with Crippen molar-refractivity contribution in [3.05, 3.63) is 47.5 Å². The van der Waals surface area contributed by atoms with Crippen LogP contribution >= 0.6 is 11.8 Å². The molecule has 0 saturated heterocycles. The maximum Gasteiger partial charge on any atom is 0.342 e. The molecule has 5 nitrogen and oxygen atoms in total. The smallest absolute Gasteiger partial charge is 0.342 e. The molecule has 0 aliphatic rings. The number of ether oxygens (including phenoxy) is 4. The molecule has 0 radical (unpaired) electrons. The zero-order chi connectivity index (χ0) is 17.5. The molecular formula is C18H20O5S. The van der Waals surface area contributed by atoms with Crippen LogP contribution in [0.15, 0.2) is 41.3 Å². The van der Waals surface area contributed by atoms with Gasteiger partial charge in [0.1, 0.15) is 17.9 Å². The van der Waals surface area contributed by atoms with Gasteiger partial charge >= 0.3 is 5.97 Å². The lowest BCUT2D eigenvalue weighted by molar-refractivity contribution is 0.0466. The van der Waals surface area contributed by atoms with Gasteiger partial charge in [-0.2, -0.15) is 0 Å². The molecule has 0 spiro atoms. The SMILES string of the molecule is COc1cc(SC)ccc1C(=O)OCc1cccc(OC)c1OC. The van der Waals surface area contributed by atoms with Crippen LogP contribution in [-0.4, -0.2) is 33.6 Å². The van der Waals surface area contributed by atoms with Crippen LogP contribution in [-0.2, 0) is 11.3 Å². The fourth-order valence-electron chi connectivity index (χ4n) is 2.26. The summed E-state index contributed by atoms with van der Waals surface area (Å²) in [5.74, 6) is 1.18. The second-order valence-electron chi connectivity index (χ2n) is 4.79. The average Bonchev–Trinajstić information content (AvgIpc) is 2.64. The van der Waals surface area contributed by atoms with Crippen molar-refractivity contribution in [1.82, 2.24) is 0 Å². The Hall–Kier alpha value is -2.34. The van der Waals surface area contributed by atoms with Crippen LogP contribution in [0.5, 0.6) is 17.2 Å². The zero-order valence-electron chi connectivity index (χ0n) is 14.1. The van der Waals surface area contributed by atoms with Gasteiger partial charge in [-0.25, -0.2) is 4.79 Å². The highest BCUT2D eigenvalue weighted by molar-refractivity contribution is 7.98. The van der Waals surface area contributed by atoms with Gasteiger partial charge in [0.05, 0.1) is 21.3 Å². The molecule has 0 atom stereocenters. The van der Waals surface area contributed by atoms with Crippen molar-refractivity contribution in [2.75, 3.05) is 27.6 Å². The number of benzene rings is 2. The number of thioether (sulfide) groups is 1. The first kappa shape index (κ1) is 18.0. The maximum atomic E-state index is 12.4. The van der Waals surface area contributed by atoms with Crippen molar-refractivity contribution in [3.63, 3.8) is 0 Å². The molecule has 0 aliphatic heterocycles. The number of esters is 1. The summed E-state index contributed by atoms with van der Waals surface area (Å²) in [5.41, 5.74) is 1.11. The van der Waals surface area contributed by atoms with E-state index in [1.807, 2.05) is 30.5 Å². The molecule has 2 aromatic rings. The van der Waals surface area contributed by atoms with Crippen molar-refractivity contribution >= 4 is 17.7 Å². The summed E-state index contributed by atoms with van der Waals surface area (Å²) in [6.45, 7) is 0.0760. The molecule has 0 heterocycles. The van der Waals surface area contributed by atoms with Crippen molar-refractivity contribution in [3.8, 4) is 17.2 Å². The Kier molecular flexibility index (Phi) is 6.37. The van der Waals surface area contributed by atoms with Gasteiger partial charge in [0.25, 0.3) is 0 Å². The summed E-state index contributed by atoms with van der Waals surface area (Å²) in [6, 6.07) is 10.8. The van der Waals surface area contributed by atoms with Gasteiger partial charge in [-0.1, -0.05) is 12.1 Å². The fourth-order valence-corrected chi connectivity index (χ4v) is 2.68. The molecule has 2 rings (SSSR count). The van der Waals surface area contributed by atoms with E-state index in [-0.39, 0.29) is 6.61 Å². The Morgan fingerprint density at radius 2 is 1.75 bits per heavy atom. The second kappa shape index (κ2) is 8.49. The third-order valence-corrected chi connectivity index (χ3v) is 4.20. The number of methoxy groups -OCH3 is 3. The number of hydrogen-bond acceptors (Lipinski definition) is 6. The van der Waals surface area contributed by atoms with Crippen LogP contribution < -0.4 is 14.2 Å². The molecule has 0 fully saturated rings. The van der Waals surface area contributed by atoms with Crippen LogP contribution in [0.3, 0.4) is 0 Å². The molecule has 24 heavy (non-hydrogen) atoms. The lowest BCUT2D eigenvalue weighted by Crippen LogP contribution is -2.08. The van der Waals surface area contributed by atoms with Crippen LogP contribution in [0.25, 0.3) is 0 Å². The quantitative estimate of drug-likeness (QED) is 0.560. The first-order chi connectivity index (χ1) is 11.6. The van der Waals surface area contributed by atoms with Gasteiger partial charge in [0, 0.05) is 10.5 Å². The zero-order valence-corrected chi connectivity index (χ0v) is 14.9. The lowest BCUT2D eigenvalue weighted by Gasteiger charge is -2.13. The minimum absolute atomic E-state index is 0.0760. The van der Waals surface area contributed by atoms with Crippen LogP contribution in [0.2, 0.25) is 0 Å². The van der Waals surface area contributed by atoms with Gasteiger partial charge in [-0.05, 0) is 30.5 Å². The third kappa shape index (κ3) is 3.94.